The zero-order chi connectivity index (χ0) is 11.3. The van der Waals surface area contributed by atoms with Gasteiger partial charge in [-0.05, 0) is 43.2 Å². The third kappa shape index (κ3) is 1.19. The van der Waals surface area contributed by atoms with Crippen molar-refractivity contribution in [2.24, 2.45) is 0 Å². The summed E-state index contributed by atoms with van der Waals surface area (Å²) in [5.74, 6) is 0. The lowest BCUT2D eigenvalue weighted by molar-refractivity contribution is -0.386. The predicted molar refractivity (Wildman–Crippen MR) is 58.4 cm³/mol. The zero-order valence-electron chi connectivity index (χ0n) is 8.90. The van der Waals surface area contributed by atoms with E-state index in [1.165, 1.54) is 0 Å². The van der Waals surface area contributed by atoms with E-state index in [-0.39, 0.29) is 10.6 Å². The minimum absolute atomic E-state index is 0.204. The standard InChI is InChI=1S/C12H13NO3/c14-10-5-4-8-6-7-2-1-3-9(7)12(11(8)10)13(15)16/h6,10,14H,1-5H2. The molecule has 0 bridgehead atoms. The maximum Gasteiger partial charge on any atom is 0.278 e. The molecule has 1 aromatic rings. The van der Waals surface area contributed by atoms with Crippen molar-refractivity contribution >= 4 is 5.69 Å². The first-order valence-corrected chi connectivity index (χ1v) is 5.68. The van der Waals surface area contributed by atoms with Gasteiger partial charge in [0.15, 0.2) is 0 Å². The molecule has 0 aliphatic heterocycles. The Labute approximate surface area is 93.1 Å². The van der Waals surface area contributed by atoms with Gasteiger partial charge >= 0.3 is 0 Å². The molecule has 2 aliphatic rings. The van der Waals surface area contributed by atoms with Gasteiger partial charge in [0.1, 0.15) is 0 Å². The molecule has 1 aromatic carbocycles. The van der Waals surface area contributed by atoms with E-state index in [9.17, 15) is 15.2 Å². The number of benzene rings is 1. The quantitative estimate of drug-likeness (QED) is 0.580. The van der Waals surface area contributed by atoms with Crippen LogP contribution < -0.4 is 0 Å². The second-order valence-electron chi connectivity index (χ2n) is 4.60. The second kappa shape index (κ2) is 3.28. The van der Waals surface area contributed by atoms with Gasteiger partial charge in [0, 0.05) is 5.56 Å². The minimum Gasteiger partial charge on any atom is -0.388 e. The first-order chi connectivity index (χ1) is 7.68. The van der Waals surface area contributed by atoms with E-state index in [4.69, 9.17) is 0 Å². The molecule has 0 radical (unpaired) electrons. The minimum atomic E-state index is -0.638. The van der Waals surface area contributed by atoms with Gasteiger partial charge in [-0.25, -0.2) is 0 Å². The summed E-state index contributed by atoms with van der Waals surface area (Å²) >= 11 is 0. The lowest BCUT2D eigenvalue weighted by Gasteiger charge is -2.09. The molecule has 0 saturated heterocycles. The van der Waals surface area contributed by atoms with Gasteiger partial charge in [-0.3, -0.25) is 10.1 Å². The van der Waals surface area contributed by atoms with Crippen molar-refractivity contribution in [1.29, 1.82) is 0 Å². The highest BCUT2D eigenvalue weighted by molar-refractivity contribution is 5.59. The Morgan fingerprint density at radius 2 is 2.12 bits per heavy atom. The van der Waals surface area contributed by atoms with Crippen LogP contribution >= 0.6 is 0 Å². The second-order valence-corrected chi connectivity index (χ2v) is 4.60. The number of nitro groups is 1. The zero-order valence-corrected chi connectivity index (χ0v) is 8.90. The molecule has 4 nitrogen and oxygen atoms in total. The van der Waals surface area contributed by atoms with Crippen LogP contribution in [0.15, 0.2) is 6.07 Å². The molecule has 0 amide bonds. The molecule has 0 fully saturated rings. The van der Waals surface area contributed by atoms with Crippen molar-refractivity contribution in [3.63, 3.8) is 0 Å². The number of rotatable bonds is 1. The van der Waals surface area contributed by atoms with E-state index in [1.54, 1.807) is 0 Å². The fourth-order valence-corrected chi connectivity index (χ4v) is 3.02. The van der Waals surface area contributed by atoms with Crippen LogP contribution in [0, 0.1) is 10.1 Å². The van der Waals surface area contributed by atoms with Crippen molar-refractivity contribution in [2.75, 3.05) is 0 Å². The van der Waals surface area contributed by atoms with Gasteiger partial charge in [0.25, 0.3) is 5.69 Å². The number of fused-ring (bicyclic) bond motifs is 2. The van der Waals surface area contributed by atoms with Gasteiger partial charge in [-0.15, -0.1) is 0 Å². The van der Waals surface area contributed by atoms with E-state index < -0.39 is 6.10 Å². The van der Waals surface area contributed by atoms with E-state index >= 15 is 0 Å². The first kappa shape index (κ1) is 9.78. The summed E-state index contributed by atoms with van der Waals surface area (Å²) in [5, 5.41) is 21.0. The molecule has 4 heteroatoms. The smallest absolute Gasteiger partial charge is 0.278 e. The molecule has 2 aliphatic carbocycles. The Bertz CT molecular complexity index is 482. The van der Waals surface area contributed by atoms with Crippen LogP contribution in [0.5, 0.6) is 0 Å². The number of hydrogen-bond donors (Lipinski definition) is 1. The lowest BCUT2D eigenvalue weighted by Crippen LogP contribution is -2.03. The van der Waals surface area contributed by atoms with Crippen LogP contribution in [0.4, 0.5) is 5.69 Å². The first-order valence-electron chi connectivity index (χ1n) is 5.68. The number of nitrogens with zero attached hydrogens (tertiary/aromatic N) is 1. The van der Waals surface area contributed by atoms with Crippen molar-refractivity contribution in [3.8, 4) is 0 Å². The Morgan fingerprint density at radius 3 is 2.88 bits per heavy atom. The topological polar surface area (TPSA) is 63.4 Å². The molecule has 1 N–H and O–H groups in total. The van der Waals surface area contributed by atoms with Crippen LogP contribution in [-0.4, -0.2) is 10.0 Å². The van der Waals surface area contributed by atoms with Crippen molar-refractivity contribution in [3.05, 3.63) is 38.4 Å². The Kier molecular flexibility index (Phi) is 2.01. The van der Waals surface area contributed by atoms with Gasteiger partial charge in [-0.2, -0.15) is 0 Å². The predicted octanol–water partition coefficient (Wildman–Crippen LogP) is 2.06. The Hall–Kier alpha value is -1.42. The molecule has 16 heavy (non-hydrogen) atoms. The summed E-state index contributed by atoms with van der Waals surface area (Å²) in [4.78, 5) is 10.9. The highest BCUT2D eigenvalue weighted by Gasteiger charge is 2.34. The van der Waals surface area contributed by atoms with Crippen molar-refractivity contribution in [2.45, 2.75) is 38.2 Å². The van der Waals surface area contributed by atoms with Gasteiger partial charge in [0.05, 0.1) is 16.6 Å². The van der Waals surface area contributed by atoms with E-state index in [1.807, 2.05) is 0 Å². The number of aliphatic hydroxyl groups is 1. The summed E-state index contributed by atoms with van der Waals surface area (Å²) in [6.45, 7) is 0. The molecular formula is C12H13NO3. The van der Waals surface area contributed by atoms with Gasteiger partial charge < -0.3 is 5.11 Å². The molecule has 0 aromatic heterocycles. The summed E-state index contributed by atoms with van der Waals surface area (Å²) in [7, 11) is 0. The largest absolute Gasteiger partial charge is 0.388 e. The average Bonchev–Trinajstić information content (AvgIpc) is 2.82. The maximum absolute atomic E-state index is 11.2. The maximum atomic E-state index is 11.2. The average molecular weight is 219 g/mol. The molecule has 0 spiro atoms. The number of nitro benzene ring substituents is 1. The molecule has 3 rings (SSSR count). The van der Waals surface area contributed by atoms with Crippen LogP contribution in [-0.2, 0) is 19.3 Å². The molecular weight excluding hydrogens is 206 g/mol. The highest BCUT2D eigenvalue weighted by Crippen LogP contribution is 2.43. The fourth-order valence-electron chi connectivity index (χ4n) is 3.02. The van der Waals surface area contributed by atoms with Gasteiger partial charge in [-0.1, -0.05) is 6.07 Å². The van der Waals surface area contributed by atoms with Crippen LogP contribution in [0.3, 0.4) is 0 Å². The normalized spacial score (nSPS) is 21.9. The lowest BCUT2D eigenvalue weighted by atomic mass is 9.98. The number of aryl methyl sites for hydroxylation is 2. The molecule has 0 saturated carbocycles. The monoisotopic (exact) mass is 219 g/mol. The third-order valence-electron chi connectivity index (χ3n) is 3.70. The van der Waals surface area contributed by atoms with Gasteiger partial charge in [0.2, 0.25) is 0 Å². The van der Waals surface area contributed by atoms with Crippen molar-refractivity contribution < 1.29 is 10.0 Å². The van der Waals surface area contributed by atoms with E-state index in [0.717, 1.165) is 42.4 Å². The highest BCUT2D eigenvalue weighted by atomic mass is 16.6. The SMILES string of the molecule is O=[N+]([O-])c1c2c(cc3c1C(O)CC3)CCC2. The van der Waals surface area contributed by atoms with Crippen molar-refractivity contribution in [1.82, 2.24) is 0 Å². The molecule has 84 valence electrons. The van der Waals surface area contributed by atoms with Crippen LogP contribution in [0.25, 0.3) is 0 Å². The summed E-state index contributed by atoms with van der Waals surface area (Å²) in [6.07, 6.45) is 3.48. The number of aliphatic hydroxyl groups excluding tert-OH is 1. The number of hydrogen-bond acceptors (Lipinski definition) is 3. The Morgan fingerprint density at radius 1 is 1.31 bits per heavy atom. The molecule has 0 heterocycles. The fraction of sp³-hybridized carbons (Fsp3) is 0.500. The van der Waals surface area contributed by atoms with Crippen LogP contribution in [0.1, 0.15) is 41.2 Å². The van der Waals surface area contributed by atoms with E-state index in [0.29, 0.717) is 12.0 Å². The Balaban J connectivity index is 2.30. The van der Waals surface area contributed by atoms with Crippen LogP contribution in [0.2, 0.25) is 0 Å². The van der Waals surface area contributed by atoms with E-state index in [2.05, 4.69) is 6.07 Å². The summed E-state index contributed by atoms with van der Waals surface area (Å²) in [6, 6.07) is 2.07. The summed E-state index contributed by atoms with van der Waals surface area (Å²) in [5.41, 5.74) is 3.77. The summed E-state index contributed by atoms with van der Waals surface area (Å²) < 4.78 is 0. The third-order valence-corrected chi connectivity index (χ3v) is 3.70. The molecule has 1 atom stereocenters. The molecule has 1 unspecified atom stereocenters.